The molecule has 0 aromatic carbocycles. The highest BCUT2D eigenvalue weighted by atomic mass is 35.5. The van der Waals surface area contributed by atoms with Gasteiger partial charge >= 0.3 is 0 Å². The molecule has 0 radical (unpaired) electrons. The fraction of sp³-hybridized carbons (Fsp3) is 0.684. The molecular formula is C19H24ClF2N3O4. The number of hydrogen-bond acceptors (Lipinski definition) is 6. The van der Waals surface area contributed by atoms with Crippen molar-refractivity contribution in [2.75, 3.05) is 19.6 Å². The van der Waals surface area contributed by atoms with Crippen LogP contribution in [0.25, 0.3) is 0 Å². The summed E-state index contributed by atoms with van der Waals surface area (Å²) in [4.78, 5) is 17.5. The fourth-order valence-corrected chi connectivity index (χ4v) is 4.34. The first-order valence-electron chi connectivity index (χ1n) is 9.76. The van der Waals surface area contributed by atoms with E-state index in [0.29, 0.717) is 24.5 Å². The largest absolute Gasteiger partial charge is 0.388 e. The van der Waals surface area contributed by atoms with Gasteiger partial charge in [0, 0.05) is 55.5 Å². The van der Waals surface area contributed by atoms with Gasteiger partial charge in [-0.25, -0.2) is 8.78 Å². The Kier molecular flexibility index (Phi) is 6.04. The molecule has 3 aliphatic rings. The number of alkyl halides is 2. The molecule has 3 saturated heterocycles. The Bertz CT molecular complexity index is 756. The number of nitrogens with zero attached hydrogens (tertiary/aromatic N) is 2. The van der Waals surface area contributed by atoms with Crippen molar-refractivity contribution in [1.82, 2.24) is 15.2 Å². The quantitative estimate of drug-likeness (QED) is 0.707. The summed E-state index contributed by atoms with van der Waals surface area (Å²) in [6.45, 7) is 0.445. The van der Waals surface area contributed by atoms with Crippen LogP contribution in [0.2, 0.25) is 5.02 Å². The molecule has 0 spiro atoms. The van der Waals surface area contributed by atoms with Gasteiger partial charge in [0.15, 0.2) is 0 Å². The molecule has 4 rings (SSSR count). The first-order chi connectivity index (χ1) is 13.8. The number of ether oxygens (including phenoxy) is 2. The number of rotatable bonds is 6. The van der Waals surface area contributed by atoms with E-state index in [2.05, 4.69) is 10.3 Å². The Morgan fingerprint density at radius 3 is 2.97 bits per heavy atom. The Morgan fingerprint density at radius 2 is 2.28 bits per heavy atom. The van der Waals surface area contributed by atoms with Gasteiger partial charge in [0.2, 0.25) is 5.91 Å². The number of carbonyl (C=O) groups is 1. The van der Waals surface area contributed by atoms with E-state index in [1.165, 1.54) is 4.90 Å². The lowest BCUT2D eigenvalue weighted by Crippen LogP contribution is -2.39. The topological polar surface area (TPSA) is 83.9 Å². The van der Waals surface area contributed by atoms with Crippen molar-refractivity contribution in [2.24, 2.45) is 0 Å². The maximum atomic E-state index is 13.3. The van der Waals surface area contributed by atoms with E-state index in [1.54, 1.807) is 18.5 Å². The van der Waals surface area contributed by atoms with Gasteiger partial charge in [-0.05, 0) is 6.07 Å². The summed E-state index contributed by atoms with van der Waals surface area (Å²) in [7, 11) is 0. The van der Waals surface area contributed by atoms with E-state index < -0.39 is 36.9 Å². The van der Waals surface area contributed by atoms with Crippen LogP contribution < -0.4 is 5.32 Å². The first-order valence-corrected chi connectivity index (χ1v) is 10.1. The van der Waals surface area contributed by atoms with Gasteiger partial charge in [-0.2, -0.15) is 0 Å². The zero-order valence-electron chi connectivity index (χ0n) is 15.8. The van der Waals surface area contributed by atoms with Crippen LogP contribution in [0, 0.1) is 0 Å². The molecule has 160 valence electrons. The van der Waals surface area contributed by atoms with E-state index in [0.717, 1.165) is 5.56 Å². The molecule has 29 heavy (non-hydrogen) atoms. The Hall–Kier alpha value is -1.39. The van der Waals surface area contributed by atoms with Crippen LogP contribution in [0.5, 0.6) is 0 Å². The maximum Gasteiger partial charge on any atom is 0.267 e. The fourth-order valence-electron chi connectivity index (χ4n) is 4.17. The van der Waals surface area contributed by atoms with Gasteiger partial charge < -0.3 is 24.8 Å². The highest BCUT2D eigenvalue weighted by molar-refractivity contribution is 6.31. The molecule has 0 aliphatic carbocycles. The van der Waals surface area contributed by atoms with Gasteiger partial charge in [0.05, 0.1) is 31.3 Å². The summed E-state index contributed by atoms with van der Waals surface area (Å²) < 4.78 is 38.3. The number of fused-ring (bicyclic) bond motifs is 1. The van der Waals surface area contributed by atoms with Crippen molar-refractivity contribution in [1.29, 1.82) is 0 Å². The monoisotopic (exact) mass is 431 g/mol. The summed E-state index contributed by atoms with van der Waals surface area (Å²) in [6, 6.07) is 1.71. The first kappa shape index (κ1) is 20.9. The minimum atomic E-state index is -2.80. The predicted octanol–water partition coefficient (Wildman–Crippen LogP) is 1.37. The molecule has 7 nitrogen and oxygen atoms in total. The van der Waals surface area contributed by atoms with Crippen molar-refractivity contribution >= 4 is 17.5 Å². The summed E-state index contributed by atoms with van der Waals surface area (Å²) in [5, 5.41) is 14.3. The minimum Gasteiger partial charge on any atom is -0.388 e. The van der Waals surface area contributed by atoms with Crippen LogP contribution in [0.15, 0.2) is 18.5 Å². The van der Waals surface area contributed by atoms with Gasteiger partial charge in [0.1, 0.15) is 12.2 Å². The average Bonchev–Trinajstić information content (AvgIpc) is 3.31. The predicted molar refractivity (Wildman–Crippen MR) is 99.7 cm³/mol. The lowest BCUT2D eigenvalue weighted by Gasteiger charge is -2.22. The molecule has 10 heteroatoms. The van der Waals surface area contributed by atoms with Crippen LogP contribution in [-0.4, -0.2) is 77.0 Å². The molecule has 0 unspecified atom stereocenters. The number of halogens is 3. The second-order valence-corrected chi connectivity index (χ2v) is 8.29. The molecule has 5 atom stereocenters. The summed E-state index contributed by atoms with van der Waals surface area (Å²) >= 11 is 6.09. The highest BCUT2D eigenvalue weighted by Crippen LogP contribution is 2.36. The van der Waals surface area contributed by atoms with Crippen LogP contribution in [-0.2, 0) is 20.8 Å². The molecule has 0 bridgehead atoms. The number of likely N-dealkylation sites (tertiary alicyclic amines) is 1. The highest BCUT2D eigenvalue weighted by Gasteiger charge is 2.51. The average molecular weight is 432 g/mol. The van der Waals surface area contributed by atoms with Crippen molar-refractivity contribution < 1.29 is 28.2 Å². The number of pyridine rings is 1. The third-order valence-corrected chi connectivity index (χ3v) is 6.08. The normalized spacial score (nSPS) is 33.2. The smallest absolute Gasteiger partial charge is 0.267 e. The number of aliphatic hydroxyl groups excluding tert-OH is 1. The molecule has 1 aromatic rings. The van der Waals surface area contributed by atoms with E-state index in [1.807, 2.05) is 0 Å². The minimum absolute atomic E-state index is 0.0293. The number of aromatic nitrogens is 1. The number of hydrogen-bond donors (Lipinski definition) is 2. The molecule has 0 saturated carbocycles. The van der Waals surface area contributed by atoms with Gasteiger partial charge in [-0.3, -0.25) is 9.78 Å². The van der Waals surface area contributed by atoms with Crippen LogP contribution in [0.1, 0.15) is 24.8 Å². The molecule has 1 amide bonds. The van der Waals surface area contributed by atoms with Crippen LogP contribution >= 0.6 is 11.6 Å². The Labute approximate surface area is 172 Å². The van der Waals surface area contributed by atoms with E-state index in [9.17, 15) is 18.7 Å². The number of carbonyl (C=O) groups excluding carboxylic acids is 1. The van der Waals surface area contributed by atoms with Gasteiger partial charge in [0.25, 0.3) is 5.92 Å². The molecule has 1 aromatic heterocycles. The van der Waals surface area contributed by atoms with Gasteiger partial charge in [-0.15, -0.1) is 0 Å². The molecule has 4 heterocycles. The Balaban J connectivity index is 1.22. The number of nitrogens with one attached hydrogen (secondary N) is 1. The molecular weight excluding hydrogens is 408 g/mol. The van der Waals surface area contributed by atoms with Crippen LogP contribution in [0.4, 0.5) is 8.78 Å². The molecule has 3 aliphatic heterocycles. The Morgan fingerprint density at radius 1 is 1.45 bits per heavy atom. The molecule has 2 N–H and O–H groups in total. The van der Waals surface area contributed by atoms with E-state index in [-0.39, 0.29) is 31.4 Å². The molecule has 3 fully saturated rings. The van der Waals surface area contributed by atoms with E-state index in [4.69, 9.17) is 21.1 Å². The lowest BCUT2D eigenvalue weighted by atomic mass is 10.1. The second-order valence-electron chi connectivity index (χ2n) is 7.89. The van der Waals surface area contributed by atoms with Crippen molar-refractivity contribution in [3.05, 3.63) is 29.0 Å². The van der Waals surface area contributed by atoms with Crippen molar-refractivity contribution in [2.45, 2.75) is 62.2 Å². The standard InChI is InChI=1S/C19H24ClF2N3O4/c20-13-1-3-23-7-11(13)8-24-9-15-17(27)18-14(29-15)5-12(28-18)6-16(26)25-4-2-19(21,22)10-25/h1,3,7,12,14-15,17-18,24,27H,2,4-6,8-10H2/t12-,14+,15+,17+,18-/m0/s1. The second kappa shape index (κ2) is 8.39. The number of amides is 1. The van der Waals surface area contributed by atoms with Gasteiger partial charge in [-0.1, -0.05) is 11.6 Å². The summed E-state index contributed by atoms with van der Waals surface area (Å²) in [5.41, 5.74) is 0.851. The number of aliphatic hydroxyl groups is 1. The summed E-state index contributed by atoms with van der Waals surface area (Å²) in [5.74, 6) is -3.14. The van der Waals surface area contributed by atoms with Crippen molar-refractivity contribution in [3.8, 4) is 0 Å². The zero-order valence-corrected chi connectivity index (χ0v) is 16.5. The third kappa shape index (κ3) is 4.69. The van der Waals surface area contributed by atoms with Crippen LogP contribution in [0.3, 0.4) is 0 Å². The zero-order chi connectivity index (χ0) is 20.6. The summed E-state index contributed by atoms with van der Waals surface area (Å²) in [6.07, 6.45) is 0.979. The third-order valence-electron chi connectivity index (χ3n) is 5.71. The SMILES string of the molecule is O=C(C[C@@H]1C[C@H]2O[C@H](CNCc3cnccc3Cl)[C@@H](O)[C@H]2O1)N1CCC(F)(F)C1. The lowest BCUT2D eigenvalue weighted by molar-refractivity contribution is -0.135. The van der Waals surface area contributed by atoms with Crippen molar-refractivity contribution in [3.63, 3.8) is 0 Å². The van der Waals surface area contributed by atoms with E-state index >= 15 is 0 Å². The maximum absolute atomic E-state index is 13.3.